The van der Waals surface area contributed by atoms with Gasteiger partial charge in [0.1, 0.15) is 0 Å². The highest BCUT2D eigenvalue weighted by Gasteiger charge is 2.24. The number of carboxylic acid groups (broad SMARTS) is 1. The van der Waals surface area contributed by atoms with Gasteiger partial charge in [-0.25, -0.2) is 0 Å². The Hall–Kier alpha value is -0.650. The number of carbonyl (C=O) groups is 1. The maximum atomic E-state index is 10.8. The second-order valence-corrected chi connectivity index (χ2v) is 4.91. The minimum atomic E-state index is -0.627. The molecule has 5 heteroatoms. The van der Waals surface area contributed by atoms with Crippen molar-refractivity contribution < 1.29 is 14.6 Å². The van der Waals surface area contributed by atoms with Crippen LogP contribution in [0.1, 0.15) is 12.8 Å². The fourth-order valence-corrected chi connectivity index (χ4v) is 2.51. The average Bonchev–Trinajstić information content (AvgIpc) is 2.38. The highest BCUT2D eigenvalue weighted by molar-refractivity contribution is 5.70. The molecule has 2 fully saturated rings. The lowest BCUT2D eigenvalue weighted by atomic mass is 9.97. The van der Waals surface area contributed by atoms with Crippen molar-refractivity contribution in [3.05, 3.63) is 0 Å². The molecule has 1 N–H and O–H groups in total. The Kier molecular flexibility index (Phi) is 4.76. The number of carboxylic acids is 1. The van der Waals surface area contributed by atoms with E-state index in [0.717, 1.165) is 65.3 Å². The summed E-state index contributed by atoms with van der Waals surface area (Å²) in [6, 6.07) is 0. The molecule has 0 spiro atoms. The first-order chi connectivity index (χ1) is 8.25. The van der Waals surface area contributed by atoms with E-state index < -0.39 is 5.97 Å². The Bertz CT molecular complexity index is 246. The second kappa shape index (κ2) is 6.33. The van der Waals surface area contributed by atoms with Gasteiger partial charge in [0.2, 0.25) is 0 Å². The standard InChI is InChI=1S/C12H22N2O3/c15-12(16)11-1-3-13(4-2-11)5-6-14-7-9-17-10-8-14/h11H,1-10H2,(H,15,16). The van der Waals surface area contributed by atoms with Gasteiger partial charge < -0.3 is 14.7 Å². The molecule has 0 aliphatic carbocycles. The predicted octanol–water partition coefficient (Wildman–Crippen LogP) is 0.115. The van der Waals surface area contributed by atoms with Gasteiger partial charge in [0, 0.05) is 26.2 Å². The number of aliphatic carboxylic acids is 1. The van der Waals surface area contributed by atoms with Crippen molar-refractivity contribution in [3.63, 3.8) is 0 Å². The molecular formula is C12H22N2O3. The van der Waals surface area contributed by atoms with E-state index in [2.05, 4.69) is 9.80 Å². The van der Waals surface area contributed by atoms with E-state index in [1.54, 1.807) is 0 Å². The molecule has 2 aliphatic heterocycles. The van der Waals surface area contributed by atoms with Crippen molar-refractivity contribution in [1.82, 2.24) is 9.80 Å². The van der Waals surface area contributed by atoms with Crippen molar-refractivity contribution in [2.45, 2.75) is 12.8 Å². The molecule has 2 rings (SSSR count). The largest absolute Gasteiger partial charge is 0.481 e. The maximum absolute atomic E-state index is 10.8. The Morgan fingerprint density at radius 2 is 1.59 bits per heavy atom. The highest BCUT2D eigenvalue weighted by Crippen LogP contribution is 2.16. The normalized spacial score (nSPS) is 24.9. The van der Waals surface area contributed by atoms with Gasteiger partial charge in [0.05, 0.1) is 19.1 Å². The summed E-state index contributed by atoms with van der Waals surface area (Å²) >= 11 is 0. The lowest BCUT2D eigenvalue weighted by Gasteiger charge is -2.33. The first-order valence-electron chi connectivity index (χ1n) is 6.51. The van der Waals surface area contributed by atoms with E-state index in [1.165, 1.54) is 0 Å². The van der Waals surface area contributed by atoms with Crippen LogP contribution in [0.15, 0.2) is 0 Å². The molecule has 0 saturated carbocycles. The number of nitrogens with zero attached hydrogens (tertiary/aromatic N) is 2. The van der Waals surface area contributed by atoms with Crippen LogP contribution in [0.5, 0.6) is 0 Å². The van der Waals surface area contributed by atoms with Crippen molar-refractivity contribution >= 4 is 5.97 Å². The monoisotopic (exact) mass is 242 g/mol. The van der Waals surface area contributed by atoms with Crippen molar-refractivity contribution in [2.24, 2.45) is 5.92 Å². The summed E-state index contributed by atoms with van der Waals surface area (Å²) in [6.45, 7) is 7.77. The number of piperidine rings is 1. The fraction of sp³-hybridized carbons (Fsp3) is 0.917. The van der Waals surface area contributed by atoms with E-state index in [1.807, 2.05) is 0 Å². The average molecular weight is 242 g/mol. The van der Waals surface area contributed by atoms with Gasteiger partial charge in [-0.1, -0.05) is 0 Å². The first kappa shape index (κ1) is 12.8. The van der Waals surface area contributed by atoms with E-state index in [-0.39, 0.29) is 5.92 Å². The maximum Gasteiger partial charge on any atom is 0.306 e. The molecule has 0 atom stereocenters. The van der Waals surface area contributed by atoms with Crippen LogP contribution in [-0.2, 0) is 9.53 Å². The molecule has 5 nitrogen and oxygen atoms in total. The van der Waals surface area contributed by atoms with E-state index in [9.17, 15) is 4.79 Å². The van der Waals surface area contributed by atoms with Gasteiger partial charge in [-0.05, 0) is 25.9 Å². The Morgan fingerprint density at radius 1 is 1.06 bits per heavy atom. The summed E-state index contributed by atoms with van der Waals surface area (Å²) in [5, 5.41) is 8.92. The van der Waals surface area contributed by atoms with Gasteiger partial charge >= 0.3 is 5.97 Å². The van der Waals surface area contributed by atoms with Crippen LogP contribution in [0, 0.1) is 5.92 Å². The summed E-state index contributed by atoms with van der Waals surface area (Å²) < 4.78 is 5.31. The molecule has 2 saturated heterocycles. The zero-order valence-electron chi connectivity index (χ0n) is 10.3. The van der Waals surface area contributed by atoms with Gasteiger partial charge in [-0.3, -0.25) is 9.69 Å². The van der Waals surface area contributed by atoms with Crippen molar-refractivity contribution in [2.75, 3.05) is 52.5 Å². The van der Waals surface area contributed by atoms with Crippen molar-refractivity contribution in [3.8, 4) is 0 Å². The predicted molar refractivity (Wildman–Crippen MR) is 64.1 cm³/mol. The van der Waals surface area contributed by atoms with E-state index in [0.29, 0.717) is 0 Å². The summed E-state index contributed by atoms with van der Waals surface area (Å²) in [6.07, 6.45) is 1.61. The van der Waals surface area contributed by atoms with Gasteiger partial charge in [-0.2, -0.15) is 0 Å². The fourth-order valence-electron chi connectivity index (χ4n) is 2.51. The molecule has 0 amide bonds. The minimum Gasteiger partial charge on any atom is -0.481 e. The number of ether oxygens (including phenoxy) is 1. The Morgan fingerprint density at radius 3 is 2.12 bits per heavy atom. The lowest BCUT2D eigenvalue weighted by molar-refractivity contribution is -0.143. The highest BCUT2D eigenvalue weighted by atomic mass is 16.5. The Balaban J connectivity index is 1.62. The molecule has 0 aromatic carbocycles. The summed E-state index contributed by atoms with van der Waals surface area (Å²) in [4.78, 5) is 15.6. The van der Waals surface area contributed by atoms with Crippen LogP contribution in [0.4, 0.5) is 0 Å². The smallest absolute Gasteiger partial charge is 0.306 e. The van der Waals surface area contributed by atoms with Crippen molar-refractivity contribution in [1.29, 1.82) is 0 Å². The Labute approximate surface area is 102 Å². The summed E-state index contributed by atoms with van der Waals surface area (Å²) in [5.74, 6) is -0.743. The van der Waals surface area contributed by atoms with Crippen LogP contribution in [0.3, 0.4) is 0 Å². The quantitative estimate of drug-likeness (QED) is 0.758. The van der Waals surface area contributed by atoms with Crippen LogP contribution in [0.2, 0.25) is 0 Å². The third-order valence-corrected chi connectivity index (χ3v) is 3.77. The molecule has 0 aromatic heterocycles. The van der Waals surface area contributed by atoms with Gasteiger partial charge in [0.15, 0.2) is 0 Å². The molecular weight excluding hydrogens is 220 g/mol. The second-order valence-electron chi connectivity index (χ2n) is 4.91. The third kappa shape index (κ3) is 3.94. The molecule has 2 aliphatic rings. The summed E-state index contributed by atoms with van der Waals surface area (Å²) in [5.41, 5.74) is 0. The number of likely N-dealkylation sites (tertiary alicyclic amines) is 1. The molecule has 0 aromatic rings. The first-order valence-corrected chi connectivity index (χ1v) is 6.51. The lowest BCUT2D eigenvalue weighted by Crippen LogP contribution is -2.44. The summed E-state index contributed by atoms with van der Waals surface area (Å²) in [7, 11) is 0. The topological polar surface area (TPSA) is 53.0 Å². The number of morpholine rings is 1. The minimum absolute atomic E-state index is 0.116. The molecule has 2 heterocycles. The van der Waals surface area contributed by atoms with Crippen LogP contribution in [0.25, 0.3) is 0 Å². The van der Waals surface area contributed by atoms with E-state index in [4.69, 9.17) is 9.84 Å². The third-order valence-electron chi connectivity index (χ3n) is 3.77. The number of hydrogen-bond donors (Lipinski definition) is 1. The molecule has 98 valence electrons. The van der Waals surface area contributed by atoms with E-state index >= 15 is 0 Å². The van der Waals surface area contributed by atoms with Crippen LogP contribution < -0.4 is 0 Å². The molecule has 0 radical (unpaired) electrons. The SMILES string of the molecule is O=C(O)C1CCN(CCN2CCOCC2)CC1. The van der Waals surface area contributed by atoms with Crippen LogP contribution >= 0.6 is 0 Å². The van der Waals surface area contributed by atoms with Gasteiger partial charge in [-0.15, -0.1) is 0 Å². The zero-order valence-corrected chi connectivity index (χ0v) is 10.3. The number of hydrogen-bond acceptors (Lipinski definition) is 4. The van der Waals surface area contributed by atoms with Gasteiger partial charge in [0.25, 0.3) is 0 Å². The number of rotatable bonds is 4. The molecule has 17 heavy (non-hydrogen) atoms. The molecule has 0 unspecified atom stereocenters. The van der Waals surface area contributed by atoms with Crippen LogP contribution in [-0.4, -0.2) is 73.4 Å². The zero-order chi connectivity index (χ0) is 12.1. The molecule has 0 bridgehead atoms.